The number of hydrogen-bond acceptors (Lipinski definition) is 7. The first-order chi connectivity index (χ1) is 27.3. The van der Waals surface area contributed by atoms with Gasteiger partial charge in [0, 0.05) is 29.1 Å². The van der Waals surface area contributed by atoms with E-state index >= 15 is 0 Å². The number of aromatic amines is 1. The van der Waals surface area contributed by atoms with Crippen LogP contribution in [0.25, 0.3) is 22.0 Å². The number of carbonyl (C=O) groups is 4. The number of aliphatic carboxylic acids is 1. The van der Waals surface area contributed by atoms with E-state index in [-0.39, 0.29) is 41.9 Å². The van der Waals surface area contributed by atoms with Gasteiger partial charge in [-0.15, -0.1) is 0 Å². The summed E-state index contributed by atoms with van der Waals surface area (Å²) in [7, 11) is 0. The van der Waals surface area contributed by atoms with Crippen molar-refractivity contribution in [2.45, 2.75) is 88.5 Å². The van der Waals surface area contributed by atoms with Crippen LogP contribution in [0.1, 0.15) is 74.0 Å². The average molecular weight is 790 g/mol. The number of anilines is 1. The molecule has 2 unspecified atom stereocenters. The largest absolute Gasteiger partial charge is 0.490 e. The van der Waals surface area contributed by atoms with Crippen molar-refractivity contribution in [2.75, 3.05) is 18.5 Å². The zero-order valence-corrected chi connectivity index (χ0v) is 31.4. The number of aryl methyl sites for hydroxylation is 1. The maximum absolute atomic E-state index is 14.1. The van der Waals surface area contributed by atoms with Gasteiger partial charge < -0.3 is 31.2 Å². The fourth-order valence-electron chi connectivity index (χ4n) is 8.40. The number of nitrogens with two attached hydrogens (primary N) is 1. The fraction of sp³-hybridized carbons (Fsp3) is 0.405. The molecule has 1 saturated carbocycles. The maximum Gasteiger partial charge on any atom is 0.490 e. The van der Waals surface area contributed by atoms with Crippen molar-refractivity contribution in [3.05, 3.63) is 99.8 Å². The number of likely N-dealkylation sites (tertiary alicyclic amines) is 1. The lowest BCUT2D eigenvalue weighted by molar-refractivity contribution is -0.192. The fourth-order valence-corrected chi connectivity index (χ4v) is 8.40. The first-order valence-corrected chi connectivity index (χ1v) is 19.1. The van der Waals surface area contributed by atoms with Crippen molar-refractivity contribution in [3.63, 3.8) is 0 Å². The topological polar surface area (TPSA) is 184 Å². The second-order valence-electron chi connectivity index (χ2n) is 14.8. The molecule has 2 aliphatic carbocycles. The Labute approximate surface area is 327 Å². The van der Waals surface area contributed by atoms with Gasteiger partial charge in [-0.1, -0.05) is 67.4 Å². The summed E-state index contributed by atoms with van der Waals surface area (Å²) in [5.74, 6) is -3.36. The van der Waals surface area contributed by atoms with Gasteiger partial charge in [-0.05, 0) is 97.9 Å². The molecule has 3 aliphatic rings. The van der Waals surface area contributed by atoms with E-state index in [1.807, 2.05) is 37.3 Å². The van der Waals surface area contributed by atoms with E-state index in [0.29, 0.717) is 43.4 Å². The number of H-pyrrole nitrogens is 1. The molecule has 0 bridgehead atoms. The molecule has 3 amide bonds. The van der Waals surface area contributed by atoms with Crippen LogP contribution in [0.3, 0.4) is 0 Å². The quantitative estimate of drug-likeness (QED) is 0.111. The smallest absolute Gasteiger partial charge is 0.475 e. The first-order valence-electron chi connectivity index (χ1n) is 19.1. The van der Waals surface area contributed by atoms with Crippen LogP contribution in [0.5, 0.6) is 0 Å². The number of halogens is 3. The Kier molecular flexibility index (Phi) is 12.7. The number of fused-ring (bicyclic) bond motifs is 5. The van der Waals surface area contributed by atoms with Crippen LogP contribution in [-0.2, 0) is 19.1 Å². The van der Waals surface area contributed by atoms with Gasteiger partial charge in [-0.25, -0.2) is 9.59 Å². The molecule has 3 aromatic carbocycles. The predicted molar refractivity (Wildman–Crippen MR) is 208 cm³/mol. The number of aromatic nitrogens is 1. The van der Waals surface area contributed by atoms with Gasteiger partial charge in [0.15, 0.2) is 0 Å². The first kappa shape index (κ1) is 40.9. The molecular weight excluding hydrogens is 743 g/mol. The van der Waals surface area contributed by atoms with E-state index < -0.39 is 30.3 Å². The van der Waals surface area contributed by atoms with Crippen LogP contribution in [0.2, 0.25) is 0 Å². The molecule has 1 aliphatic heterocycles. The van der Waals surface area contributed by atoms with Crippen molar-refractivity contribution in [1.29, 1.82) is 0 Å². The predicted octanol–water partition coefficient (Wildman–Crippen LogP) is 6.60. The number of benzene rings is 3. The van der Waals surface area contributed by atoms with Crippen LogP contribution < -0.4 is 21.9 Å². The summed E-state index contributed by atoms with van der Waals surface area (Å²) in [4.78, 5) is 67.3. The number of pyridine rings is 1. The number of carboxylic acid groups (broad SMARTS) is 1. The van der Waals surface area contributed by atoms with E-state index in [2.05, 4.69) is 39.9 Å². The summed E-state index contributed by atoms with van der Waals surface area (Å²) in [5, 5.41) is 14.0. The minimum atomic E-state index is -5.08. The number of unbranched alkanes of at least 4 members (excludes halogenated alkanes) is 1. The molecular formula is C42H46F3N5O7. The Bertz CT molecular complexity index is 2150. The third kappa shape index (κ3) is 9.30. The van der Waals surface area contributed by atoms with Crippen LogP contribution in [0, 0.1) is 12.8 Å². The normalized spacial score (nSPS) is 19.0. The molecule has 6 N–H and O–H groups in total. The van der Waals surface area contributed by atoms with Crippen molar-refractivity contribution in [3.8, 4) is 11.1 Å². The van der Waals surface area contributed by atoms with Crippen molar-refractivity contribution in [2.24, 2.45) is 11.7 Å². The van der Waals surface area contributed by atoms with Crippen molar-refractivity contribution in [1.82, 2.24) is 15.2 Å². The lowest BCUT2D eigenvalue weighted by Gasteiger charge is -2.33. The Morgan fingerprint density at radius 2 is 1.61 bits per heavy atom. The van der Waals surface area contributed by atoms with Crippen LogP contribution >= 0.6 is 0 Å². The highest BCUT2D eigenvalue weighted by molar-refractivity contribution is 5.99. The monoisotopic (exact) mass is 789 g/mol. The van der Waals surface area contributed by atoms with Crippen molar-refractivity contribution >= 4 is 40.5 Å². The lowest BCUT2D eigenvalue weighted by atomic mass is 9.85. The molecule has 4 atom stereocenters. The average Bonchev–Trinajstić information content (AvgIpc) is 3.73. The molecule has 1 saturated heterocycles. The molecule has 1 aromatic heterocycles. The van der Waals surface area contributed by atoms with Crippen LogP contribution in [0.15, 0.2) is 77.6 Å². The summed E-state index contributed by atoms with van der Waals surface area (Å²) < 4.78 is 37.8. The summed E-state index contributed by atoms with van der Waals surface area (Å²) in [6.45, 7) is 2.51. The second-order valence-corrected chi connectivity index (χ2v) is 14.8. The van der Waals surface area contributed by atoms with E-state index in [0.717, 1.165) is 58.9 Å². The highest BCUT2D eigenvalue weighted by atomic mass is 19.4. The van der Waals surface area contributed by atoms with E-state index in [4.69, 9.17) is 20.4 Å². The number of rotatable bonds is 10. The summed E-state index contributed by atoms with van der Waals surface area (Å²) in [6, 6.07) is 21.7. The number of alkyl halides is 3. The van der Waals surface area contributed by atoms with Gasteiger partial charge in [-0.2, -0.15) is 13.2 Å². The Balaban J connectivity index is 0.000000719. The molecule has 57 heavy (non-hydrogen) atoms. The van der Waals surface area contributed by atoms with E-state index in [1.165, 1.54) is 6.07 Å². The number of amides is 3. The Hall–Kier alpha value is -5.70. The zero-order chi connectivity index (χ0) is 40.9. The second kappa shape index (κ2) is 17.6. The van der Waals surface area contributed by atoms with Gasteiger partial charge in [0.2, 0.25) is 17.4 Å². The molecule has 0 spiro atoms. The van der Waals surface area contributed by atoms with Crippen molar-refractivity contribution < 1.29 is 42.2 Å². The molecule has 15 heteroatoms. The summed E-state index contributed by atoms with van der Waals surface area (Å²) in [6.07, 6.45) is 0.538. The van der Waals surface area contributed by atoms with E-state index in [9.17, 15) is 32.3 Å². The Morgan fingerprint density at radius 3 is 2.26 bits per heavy atom. The highest BCUT2D eigenvalue weighted by Crippen LogP contribution is 2.45. The number of nitrogens with one attached hydrogen (secondary N) is 3. The number of carbonyl (C=O) groups excluding carboxylic acids is 3. The van der Waals surface area contributed by atoms with Crippen LogP contribution in [0.4, 0.5) is 23.7 Å². The van der Waals surface area contributed by atoms with Gasteiger partial charge in [-0.3, -0.25) is 19.3 Å². The third-order valence-corrected chi connectivity index (χ3v) is 11.1. The SMILES string of the molecule is Cc1cc(=O)[nH]c2cc(NC(=O)[C@H](CCCCN)NC(=O)[C@@H]3CC4CCCCC4N3C(=O)OCC3c4ccccc4-c4ccccc43)ccc12.O=C(O)C(F)(F)F. The standard InChI is InChI=1S/C40H45N5O5.C2HF3O2/c1-24-20-37(46)43-34-22-26(17-18-27(24)34)42-38(47)33(15-8-9-19-41)44-39(48)36-21-25-10-2-7-16-35(25)45(36)40(49)50-23-32-30-13-5-3-11-28(30)29-12-4-6-14-31(29)32;3-2(4,5)1(6)7/h3-6,11-14,17-18,20,22,25,32-33,35-36H,2,7-10,15-16,19,21,23,41H2,1H3,(H,42,47)(H,43,46)(H,44,48);(H,6,7)/t25?,33-,35?,36-;/m0./s1. The van der Waals surface area contributed by atoms with Crippen LogP contribution in [-0.4, -0.2) is 76.3 Å². The third-order valence-electron chi connectivity index (χ3n) is 11.1. The maximum atomic E-state index is 14.1. The Morgan fingerprint density at radius 1 is 0.965 bits per heavy atom. The number of nitrogens with zero attached hydrogens (tertiary/aromatic N) is 1. The molecule has 0 radical (unpaired) electrons. The molecule has 4 aromatic rings. The molecule has 302 valence electrons. The van der Waals surface area contributed by atoms with E-state index in [1.54, 1.807) is 17.0 Å². The summed E-state index contributed by atoms with van der Waals surface area (Å²) in [5.41, 5.74) is 12.1. The number of hydrogen-bond donors (Lipinski definition) is 5. The zero-order valence-electron chi connectivity index (χ0n) is 31.4. The van der Waals surface area contributed by atoms with Gasteiger partial charge in [0.05, 0.1) is 5.52 Å². The number of carboxylic acids is 1. The minimum absolute atomic E-state index is 0.0807. The van der Waals surface area contributed by atoms with Gasteiger partial charge in [0.1, 0.15) is 18.7 Å². The van der Waals surface area contributed by atoms with Gasteiger partial charge >= 0.3 is 18.2 Å². The molecule has 2 fully saturated rings. The molecule has 12 nitrogen and oxygen atoms in total. The lowest BCUT2D eigenvalue weighted by Crippen LogP contribution is -2.53. The van der Waals surface area contributed by atoms with Gasteiger partial charge in [0.25, 0.3) is 0 Å². The molecule has 2 heterocycles. The number of ether oxygens (including phenoxy) is 1. The molecule has 7 rings (SSSR count). The highest BCUT2D eigenvalue weighted by Gasteiger charge is 2.49. The minimum Gasteiger partial charge on any atom is -0.475 e. The summed E-state index contributed by atoms with van der Waals surface area (Å²) >= 11 is 0.